The van der Waals surface area contributed by atoms with E-state index in [-0.39, 0.29) is 5.78 Å². The highest BCUT2D eigenvalue weighted by Gasteiger charge is 2.38. The molecule has 1 aliphatic carbocycles. The maximum atomic E-state index is 12.2. The zero-order valence-electron chi connectivity index (χ0n) is 9.52. The summed E-state index contributed by atoms with van der Waals surface area (Å²) in [5, 5.41) is 17.8. The van der Waals surface area contributed by atoms with Crippen LogP contribution in [0, 0.1) is 0 Å². The zero-order valence-corrected chi connectivity index (χ0v) is 9.52. The number of hydrogen-bond acceptors (Lipinski definition) is 4. The van der Waals surface area contributed by atoms with E-state index in [0.29, 0.717) is 18.5 Å². The summed E-state index contributed by atoms with van der Waals surface area (Å²) in [5.41, 5.74) is -0.809. The van der Waals surface area contributed by atoms with Gasteiger partial charge in [0.2, 0.25) is 5.78 Å². The van der Waals surface area contributed by atoms with E-state index in [2.05, 4.69) is 10.3 Å². The second-order valence-electron chi connectivity index (χ2n) is 4.52. The van der Waals surface area contributed by atoms with Crippen LogP contribution in [0.15, 0.2) is 6.20 Å². The number of hydrogen-bond donors (Lipinski definition) is 1. The molecule has 0 spiro atoms. The number of aliphatic hydroxyl groups is 1. The Bertz CT molecular complexity index is 378. The topological polar surface area (TPSA) is 68.0 Å². The van der Waals surface area contributed by atoms with Crippen LogP contribution in [0.4, 0.5) is 0 Å². The number of rotatable bonds is 2. The second-order valence-corrected chi connectivity index (χ2v) is 4.52. The minimum absolute atomic E-state index is 0.234. The molecule has 1 N–H and O–H groups in total. The minimum Gasteiger partial charge on any atom is -0.382 e. The molecule has 0 saturated heterocycles. The number of carbonyl (C=O) groups is 1. The molecule has 1 aromatic rings. The van der Waals surface area contributed by atoms with Crippen LogP contribution >= 0.6 is 0 Å². The molecule has 1 aliphatic rings. The van der Waals surface area contributed by atoms with Gasteiger partial charge in [-0.15, -0.1) is 5.10 Å². The number of Topliss-reactive ketones (excluding diaryl/α,β-unsaturated/α-hetero) is 1. The number of nitrogens with zero attached hydrogens (tertiary/aromatic N) is 3. The van der Waals surface area contributed by atoms with Gasteiger partial charge in [-0.05, 0) is 12.8 Å². The van der Waals surface area contributed by atoms with E-state index in [1.165, 1.54) is 10.9 Å². The van der Waals surface area contributed by atoms with E-state index in [1.54, 1.807) is 7.05 Å². The molecule has 1 fully saturated rings. The average molecular weight is 223 g/mol. The smallest absolute Gasteiger partial charge is 0.213 e. The predicted octanol–water partition coefficient (Wildman–Crippen LogP) is 1.08. The van der Waals surface area contributed by atoms with Crippen molar-refractivity contribution in [1.82, 2.24) is 15.0 Å². The van der Waals surface area contributed by atoms with Crippen LogP contribution in [0.3, 0.4) is 0 Å². The van der Waals surface area contributed by atoms with Crippen molar-refractivity contribution in [2.45, 2.75) is 44.1 Å². The van der Waals surface area contributed by atoms with Gasteiger partial charge in [0.15, 0.2) is 0 Å². The number of aromatic nitrogens is 3. The Labute approximate surface area is 94.5 Å². The highest BCUT2D eigenvalue weighted by molar-refractivity contribution is 6.00. The average Bonchev–Trinajstić information content (AvgIpc) is 2.55. The van der Waals surface area contributed by atoms with Gasteiger partial charge >= 0.3 is 0 Å². The van der Waals surface area contributed by atoms with Crippen LogP contribution in [0.1, 0.15) is 49.0 Å². The van der Waals surface area contributed by atoms with Gasteiger partial charge in [-0.1, -0.05) is 30.9 Å². The van der Waals surface area contributed by atoms with Gasteiger partial charge in [0, 0.05) is 7.05 Å². The van der Waals surface area contributed by atoms with Crippen molar-refractivity contribution < 1.29 is 9.90 Å². The third-order valence-electron chi connectivity index (χ3n) is 3.30. The molecule has 0 radical (unpaired) electrons. The molecule has 16 heavy (non-hydrogen) atoms. The summed E-state index contributed by atoms with van der Waals surface area (Å²) in [6.07, 6.45) is 6.54. The molecule has 1 aromatic heterocycles. The van der Waals surface area contributed by atoms with Gasteiger partial charge in [-0.3, -0.25) is 4.79 Å². The molecule has 1 saturated carbocycles. The van der Waals surface area contributed by atoms with Gasteiger partial charge < -0.3 is 5.11 Å². The number of aryl methyl sites for hydroxylation is 1. The Morgan fingerprint density at radius 2 is 2.00 bits per heavy atom. The van der Waals surface area contributed by atoms with Crippen molar-refractivity contribution in [3.05, 3.63) is 11.9 Å². The first-order chi connectivity index (χ1) is 7.63. The van der Waals surface area contributed by atoms with Crippen molar-refractivity contribution in [1.29, 1.82) is 0 Å². The van der Waals surface area contributed by atoms with E-state index in [9.17, 15) is 9.90 Å². The Hall–Kier alpha value is -1.23. The fourth-order valence-electron chi connectivity index (χ4n) is 2.27. The third kappa shape index (κ3) is 2.00. The number of ketones is 1. The van der Waals surface area contributed by atoms with Crippen molar-refractivity contribution in [3.8, 4) is 0 Å². The lowest BCUT2D eigenvalue weighted by Crippen LogP contribution is -2.39. The maximum Gasteiger partial charge on any atom is 0.213 e. The molecule has 5 heteroatoms. The molecule has 1 heterocycles. The SMILES string of the molecule is Cn1nncc1C(=O)C1(O)CCCCCC1. The Kier molecular flexibility index (Phi) is 3.05. The van der Waals surface area contributed by atoms with E-state index in [4.69, 9.17) is 0 Å². The van der Waals surface area contributed by atoms with Gasteiger partial charge in [-0.2, -0.15) is 0 Å². The van der Waals surface area contributed by atoms with Crippen LogP contribution in [0.5, 0.6) is 0 Å². The summed E-state index contributed by atoms with van der Waals surface area (Å²) in [5.74, 6) is -0.234. The highest BCUT2D eigenvalue weighted by Crippen LogP contribution is 2.29. The molecular weight excluding hydrogens is 206 g/mol. The van der Waals surface area contributed by atoms with Crippen molar-refractivity contribution in [2.24, 2.45) is 7.05 Å². The first kappa shape index (κ1) is 11.3. The highest BCUT2D eigenvalue weighted by atomic mass is 16.3. The van der Waals surface area contributed by atoms with Gasteiger partial charge in [0.1, 0.15) is 11.3 Å². The predicted molar refractivity (Wildman–Crippen MR) is 58.0 cm³/mol. The van der Waals surface area contributed by atoms with Gasteiger partial charge in [0.25, 0.3) is 0 Å². The summed E-state index contributed by atoms with van der Waals surface area (Å²) in [6.45, 7) is 0. The van der Waals surface area contributed by atoms with Crippen molar-refractivity contribution in [2.75, 3.05) is 0 Å². The van der Waals surface area contributed by atoms with Crippen LogP contribution in [0.2, 0.25) is 0 Å². The van der Waals surface area contributed by atoms with Gasteiger partial charge in [0.05, 0.1) is 6.20 Å². The van der Waals surface area contributed by atoms with Crippen LogP contribution in [0.25, 0.3) is 0 Å². The molecule has 0 aliphatic heterocycles. The Morgan fingerprint density at radius 1 is 1.38 bits per heavy atom. The summed E-state index contributed by atoms with van der Waals surface area (Å²) >= 11 is 0. The van der Waals surface area contributed by atoms with E-state index in [1.807, 2.05) is 0 Å². The molecule has 88 valence electrons. The summed E-state index contributed by atoms with van der Waals surface area (Å²) in [7, 11) is 1.67. The fourth-order valence-corrected chi connectivity index (χ4v) is 2.27. The minimum atomic E-state index is -1.20. The molecule has 2 rings (SSSR count). The lowest BCUT2D eigenvalue weighted by molar-refractivity contribution is 0.0229. The lowest BCUT2D eigenvalue weighted by atomic mass is 9.88. The molecule has 0 bridgehead atoms. The van der Waals surface area contributed by atoms with Crippen LogP contribution in [-0.4, -0.2) is 31.5 Å². The lowest BCUT2D eigenvalue weighted by Gasteiger charge is -2.24. The van der Waals surface area contributed by atoms with E-state index in [0.717, 1.165) is 25.7 Å². The van der Waals surface area contributed by atoms with E-state index < -0.39 is 5.60 Å². The monoisotopic (exact) mass is 223 g/mol. The van der Waals surface area contributed by atoms with Crippen LogP contribution < -0.4 is 0 Å². The first-order valence-corrected chi connectivity index (χ1v) is 5.75. The fraction of sp³-hybridized carbons (Fsp3) is 0.727. The quantitative estimate of drug-likeness (QED) is 0.602. The summed E-state index contributed by atoms with van der Waals surface area (Å²) < 4.78 is 1.42. The van der Waals surface area contributed by atoms with Gasteiger partial charge in [-0.25, -0.2) is 4.68 Å². The summed E-state index contributed by atoms with van der Waals surface area (Å²) in [4.78, 5) is 12.2. The molecular formula is C11H17N3O2. The Morgan fingerprint density at radius 3 is 2.50 bits per heavy atom. The third-order valence-corrected chi connectivity index (χ3v) is 3.30. The Balaban J connectivity index is 2.22. The molecule has 0 atom stereocenters. The number of carbonyl (C=O) groups excluding carboxylic acids is 1. The normalized spacial score (nSPS) is 20.4. The largest absolute Gasteiger partial charge is 0.382 e. The molecule has 5 nitrogen and oxygen atoms in total. The zero-order chi connectivity index (χ0) is 11.6. The van der Waals surface area contributed by atoms with Crippen molar-refractivity contribution in [3.63, 3.8) is 0 Å². The molecule has 0 aromatic carbocycles. The maximum absolute atomic E-state index is 12.2. The second kappa shape index (κ2) is 4.33. The van der Waals surface area contributed by atoms with Crippen LogP contribution in [-0.2, 0) is 7.05 Å². The van der Waals surface area contributed by atoms with E-state index >= 15 is 0 Å². The first-order valence-electron chi connectivity index (χ1n) is 5.75. The van der Waals surface area contributed by atoms with Crippen molar-refractivity contribution >= 4 is 5.78 Å². The summed E-state index contributed by atoms with van der Waals surface area (Å²) in [6, 6.07) is 0. The molecule has 0 amide bonds. The molecule has 0 unspecified atom stereocenters. The standard InChI is InChI=1S/C11H17N3O2/c1-14-9(8-12-13-14)10(15)11(16)6-4-2-3-5-7-11/h8,16H,2-7H2,1H3.